The molecule has 0 bridgehead atoms. The van der Waals surface area contributed by atoms with Gasteiger partial charge in [-0.25, -0.2) is 4.79 Å². The Morgan fingerprint density at radius 1 is 1.44 bits per heavy atom. The van der Waals surface area contributed by atoms with E-state index in [1.165, 1.54) is 0 Å². The molecule has 4 heteroatoms. The molecule has 0 aromatic heterocycles. The molecule has 1 aromatic carbocycles. The molecular weight excluding hydrogens is 288 g/mol. The summed E-state index contributed by atoms with van der Waals surface area (Å²) in [6, 6.07) is 5.49. The van der Waals surface area contributed by atoms with Crippen molar-refractivity contribution in [1.82, 2.24) is 0 Å². The van der Waals surface area contributed by atoms with E-state index in [-0.39, 0.29) is 0 Å². The molecule has 0 aliphatic carbocycles. The number of carboxylic acid groups (broad SMARTS) is 1. The lowest BCUT2D eigenvalue weighted by atomic mass is 10.2. The highest BCUT2D eigenvalue weighted by Crippen LogP contribution is 2.30. The minimum atomic E-state index is -0.890. The maximum atomic E-state index is 11.0. The van der Waals surface area contributed by atoms with Crippen molar-refractivity contribution >= 4 is 33.7 Å². The monoisotopic (exact) mass is 302 g/mol. The van der Waals surface area contributed by atoms with E-state index in [0.29, 0.717) is 15.3 Å². The smallest absolute Gasteiger partial charge is 0.336 e. The van der Waals surface area contributed by atoms with Crippen LogP contribution in [0.25, 0.3) is 0 Å². The van der Waals surface area contributed by atoms with Gasteiger partial charge in [-0.15, -0.1) is 11.8 Å². The van der Waals surface area contributed by atoms with E-state index in [9.17, 15) is 4.79 Å². The zero-order valence-corrected chi connectivity index (χ0v) is 11.8. The van der Waals surface area contributed by atoms with Crippen LogP contribution < -0.4 is 0 Å². The Balaban J connectivity index is 2.90. The molecule has 0 aliphatic rings. The van der Waals surface area contributed by atoms with Crippen molar-refractivity contribution in [3.63, 3.8) is 0 Å². The van der Waals surface area contributed by atoms with Gasteiger partial charge >= 0.3 is 5.97 Å². The standard InChI is InChI=1S/C12H15BrO2S/c1-3-8(4-2)16-9-5-6-11(13)10(7-9)12(14)15/h5-8H,3-4H2,1-2H3,(H,14,15). The lowest BCUT2D eigenvalue weighted by Crippen LogP contribution is -2.00. The predicted molar refractivity (Wildman–Crippen MR) is 71.3 cm³/mol. The van der Waals surface area contributed by atoms with Crippen LogP contribution in [0.3, 0.4) is 0 Å². The Bertz CT molecular complexity index is 375. The van der Waals surface area contributed by atoms with Crippen molar-refractivity contribution < 1.29 is 9.90 Å². The molecule has 0 saturated heterocycles. The van der Waals surface area contributed by atoms with Crippen LogP contribution in [0.15, 0.2) is 27.6 Å². The van der Waals surface area contributed by atoms with Gasteiger partial charge in [0, 0.05) is 14.6 Å². The lowest BCUT2D eigenvalue weighted by Gasteiger charge is -2.12. The van der Waals surface area contributed by atoms with Crippen LogP contribution in [0.4, 0.5) is 0 Å². The largest absolute Gasteiger partial charge is 0.478 e. The van der Waals surface area contributed by atoms with Crippen LogP contribution >= 0.6 is 27.7 Å². The van der Waals surface area contributed by atoms with Crippen molar-refractivity contribution in [3.05, 3.63) is 28.2 Å². The zero-order chi connectivity index (χ0) is 12.1. The molecule has 16 heavy (non-hydrogen) atoms. The normalized spacial score (nSPS) is 10.8. The number of aromatic carboxylic acids is 1. The molecule has 0 saturated carbocycles. The number of thioether (sulfide) groups is 1. The minimum absolute atomic E-state index is 0.330. The summed E-state index contributed by atoms with van der Waals surface area (Å²) >= 11 is 4.99. The van der Waals surface area contributed by atoms with Crippen LogP contribution in [0, 0.1) is 0 Å². The quantitative estimate of drug-likeness (QED) is 0.818. The topological polar surface area (TPSA) is 37.3 Å². The number of rotatable bonds is 5. The van der Waals surface area contributed by atoms with Crippen molar-refractivity contribution in [3.8, 4) is 0 Å². The molecule has 0 spiro atoms. The molecule has 1 aromatic rings. The molecule has 2 nitrogen and oxygen atoms in total. The molecule has 1 rings (SSSR count). The van der Waals surface area contributed by atoms with E-state index in [1.807, 2.05) is 6.07 Å². The predicted octanol–water partition coefficient (Wildman–Crippen LogP) is 4.43. The molecule has 0 amide bonds. The highest BCUT2D eigenvalue weighted by molar-refractivity contribution is 9.10. The van der Waals surface area contributed by atoms with E-state index in [4.69, 9.17) is 5.11 Å². The van der Waals surface area contributed by atoms with Gasteiger partial charge in [0.15, 0.2) is 0 Å². The van der Waals surface area contributed by atoms with E-state index >= 15 is 0 Å². The molecule has 0 aliphatic heterocycles. The summed E-state index contributed by atoms with van der Waals surface area (Å²) in [5.41, 5.74) is 0.330. The molecule has 1 N–H and O–H groups in total. The molecule has 0 unspecified atom stereocenters. The van der Waals surface area contributed by atoms with E-state index in [2.05, 4.69) is 29.8 Å². The zero-order valence-electron chi connectivity index (χ0n) is 9.37. The van der Waals surface area contributed by atoms with Gasteiger partial charge in [0.2, 0.25) is 0 Å². The Kier molecular flexibility index (Phi) is 5.35. The summed E-state index contributed by atoms with van der Waals surface area (Å²) < 4.78 is 0.633. The number of benzene rings is 1. The maximum Gasteiger partial charge on any atom is 0.336 e. The lowest BCUT2D eigenvalue weighted by molar-refractivity contribution is 0.0695. The molecule has 0 fully saturated rings. The van der Waals surface area contributed by atoms with Crippen LogP contribution in [0.1, 0.15) is 37.0 Å². The summed E-state index contributed by atoms with van der Waals surface area (Å²) in [6.07, 6.45) is 2.19. The molecule has 88 valence electrons. The highest BCUT2D eigenvalue weighted by Gasteiger charge is 2.11. The van der Waals surface area contributed by atoms with Crippen LogP contribution in [-0.4, -0.2) is 16.3 Å². The second-order valence-electron chi connectivity index (χ2n) is 3.50. The van der Waals surface area contributed by atoms with Gasteiger partial charge in [-0.05, 0) is 47.0 Å². The third kappa shape index (κ3) is 3.52. The number of carboxylic acids is 1. The second kappa shape index (κ2) is 6.30. The van der Waals surface area contributed by atoms with Gasteiger partial charge in [-0.3, -0.25) is 0 Å². The Morgan fingerprint density at radius 3 is 2.56 bits per heavy atom. The van der Waals surface area contributed by atoms with Crippen LogP contribution in [0.5, 0.6) is 0 Å². The molecular formula is C12H15BrO2S. The fraction of sp³-hybridized carbons (Fsp3) is 0.417. The van der Waals surface area contributed by atoms with Gasteiger partial charge in [0.1, 0.15) is 0 Å². The van der Waals surface area contributed by atoms with E-state index < -0.39 is 5.97 Å². The average molecular weight is 303 g/mol. The summed E-state index contributed by atoms with van der Waals surface area (Å²) in [6.45, 7) is 4.30. The van der Waals surface area contributed by atoms with Gasteiger partial charge < -0.3 is 5.11 Å². The van der Waals surface area contributed by atoms with Gasteiger partial charge in [0.05, 0.1) is 5.56 Å². The molecule has 0 heterocycles. The van der Waals surface area contributed by atoms with Crippen molar-refractivity contribution in [2.75, 3.05) is 0 Å². The first-order chi connectivity index (χ1) is 7.58. The van der Waals surface area contributed by atoms with Gasteiger partial charge in [-0.1, -0.05) is 13.8 Å². The fourth-order valence-electron chi connectivity index (χ4n) is 1.39. The number of hydrogen-bond acceptors (Lipinski definition) is 2. The van der Waals surface area contributed by atoms with Crippen LogP contribution in [-0.2, 0) is 0 Å². The third-order valence-electron chi connectivity index (χ3n) is 2.38. The first kappa shape index (κ1) is 13.6. The molecule has 0 radical (unpaired) electrons. The minimum Gasteiger partial charge on any atom is -0.478 e. The Hall–Kier alpha value is -0.480. The van der Waals surface area contributed by atoms with Crippen molar-refractivity contribution in [2.24, 2.45) is 0 Å². The summed E-state index contributed by atoms with van der Waals surface area (Å²) in [7, 11) is 0. The number of halogens is 1. The maximum absolute atomic E-state index is 11.0. The van der Waals surface area contributed by atoms with Crippen LogP contribution in [0.2, 0.25) is 0 Å². The Morgan fingerprint density at radius 2 is 2.06 bits per heavy atom. The average Bonchev–Trinajstić information content (AvgIpc) is 2.27. The van der Waals surface area contributed by atoms with Gasteiger partial charge in [-0.2, -0.15) is 0 Å². The summed E-state index contributed by atoms with van der Waals surface area (Å²) in [5.74, 6) is -0.890. The number of hydrogen-bond donors (Lipinski definition) is 1. The third-order valence-corrected chi connectivity index (χ3v) is 4.60. The SMILES string of the molecule is CCC(CC)Sc1ccc(Br)c(C(=O)O)c1. The summed E-state index contributed by atoms with van der Waals surface area (Å²) in [4.78, 5) is 12.0. The number of carbonyl (C=O) groups is 1. The van der Waals surface area contributed by atoms with Crippen molar-refractivity contribution in [1.29, 1.82) is 0 Å². The first-order valence-corrected chi connectivity index (χ1v) is 6.95. The van der Waals surface area contributed by atoms with Gasteiger partial charge in [0.25, 0.3) is 0 Å². The second-order valence-corrected chi connectivity index (χ2v) is 5.73. The first-order valence-electron chi connectivity index (χ1n) is 5.28. The Labute approximate surface area is 109 Å². The van der Waals surface area contributed by atoms with E-state index in [0.717, 1.165) is 17.7 Å². The van der Waals surface area contributed by atoms with Crippen molar-refractivity contribution in [2.45, 2.75) is 36.8 Å². The van der Waals surface area contributed by atoms with E-state index in [1.54, 1.807) is 23.9 Å². The highest BCUT2D eigenvalue weighted by atomic mass is 79.9. The molecule has 0 atom stereocenters. The summed E-state index contributed by atoms with van der Waals surface area (Å²) in [5, 5.41) is 9.56. The fourth-order valence-corrected chi connectivity index (χ4v) is 2.86.